The van der Waals surface area contributed by atoms with E-state index in [9.17, 15) is 26.7 Å². The van der Waals surface area contributed by atoms with Crippen molar-refractivity contribution in [2.75, 3.05) is 27.2 Å². The molecule has 0 aliphatic carbocycles. The van der Waals surface area contributed by atoms with Gasteiger partial charge in [-0.3, -0.25) is 4.79 Å². The highest BCUT2D eigenvalue weighted by Crippen LogP contribution is 2.32. The third-order valence-electron chi connectivity index (χ3n) is 3.89. The van der Waals surface area contributed by atoms with E-state index in [1.807, 2.05) is 0 Å². The molecule has 0 aliphatic rings. The van der Waals surface area contributed by atoms with Gasteiger partial charge in [-0.25, -0.2) is 8.78 Å². The van der Waals surface area contributed by atoms with E-state index in [-0.39, 0.29) is 18.7 Å². The Hall–Kier alpha value is -2.48. The van der Waals surface area contributed by atoms with Crippen molar-refractivity contribution in [1.29, 1.82) is 0 Å². The second-order valence-corrected chi connectivity index (χ2v) is 6.35. The summed E-state index contributed by atoms with van der Waals surface area (Å²) in [5, 5.41) is 0. The molecule has 0 aromatic heterocycles. The number of halogens is 5. The molecule has 3 nitrogen and oxygen atoms in total. The van der Waals surface area contributed by atoms with E-state index in [4.69, 9.17) is 0 Å². The Morgan fingerprint density at radius 2 is 1.70 bits per heavy atom. The van der Waals surface area contributed by atoms with Crippen LogP contribution in [0, 0.1) is 11.6 Å². The number of carbonyl (C=O) groups excluding carboxylic acids is 1. The maximum Gasteiger partial charge on any atom is 0.419 e. The van der Waals surface area contributed by atoms with Crippen molar-refractivity contribution >= 4 is 5.91 Å². The fraction of sp³-hybridized carbons (Fsp3) is 0.316. The standard InChI is InChI=1S/C19H19F5N2O/c1-25(2)8-9-26(12-13-4-3-5-15(20)10-13)18(27)14-6-7-17(21)16(11-14)19(22,23)24/h3-7,10-11H,8-9,12H2,1-2H3. The summed E-state index contributed by atoms with van der Waals surface area (Å²) in [4.78, 5) is 15.9. The number of benzene rings is 2. The van der Waals surface area contributed by atoms with E-state index >= 15 is 0 Å². The normalized spacial score (nSPS) is 11.7. The molecule has 2 aromatic rings. The summed E-state index contributed by atoms with van der Waals surface area (Å²) in [6.45, 7) is 0.679. The van der Waals surface area contributed by atoms with Gasteiger partial charge in [0.15, 0.2) is 0 Å². The van der Waals surface area contributed by atoms with Gasteiger partial charge in [0.1, 0.15) is 11.6 Å². The zero-order chi connectivity index (χ0) is 20.2. The molecular formula is C19H19F5N2O. The SMILES string of the molecule is CN(C)CCN(Cc1cccc(F)c1)C(=O)c1ccc(F)c(C(F)(F)F)c1. The first kappa shape index (κ1) is 20.8. The largest absolute Gasteiger partial charge is 0.419 e. The Morgan fingerprint density at radius 3 is 2.30 bits per heavy atom. The second-order valence-electron chi connectivity index (χ2n) is 6.35. The quantitative estimate of drug-likeness (QED) is 0.696. The third kappa shape index (κ3) is 5.75. The van der Waals surface area contributed by atoms with Gasteiger partial charge in [0.25, 0.3) is 5.91 Å². The van der Waals surface area contributed by atoms with Gasteiger partial charge in [0.2, 0.25) is 0 Å². The highest BCUT2D eigenvalue weighted by molar-refractivity contribution is 5.94. The van der Waals surface area contributed by atoms with Crippen LogP contribution in [0.3, 0.4) is 0 Å². The molecule has 0 bridgehead atoms. The molecular weight excluding hydrogens is 367 g/mol. The predicted octanol–water partition coefficient (Wildman–Crippen LogP) is 4.19. The molecule has 2 rings (SSSR count). The van der Waals surface area contributed by atoms with Crippen LogP contribution in [0.1, 0.15) is 21.5 Å². The maximum atomic E-state index is 13.5. The summed E-state index contributed by atoms with van der Waals surface area (Å²) in [5.41, 5.74) is -1.27. The van der Waals surface area contributed by atoms with Crippen LogP contribution in [0.25, 0.3) is 0 Å². The topological polar surface area (TPSA) is 23.6 Å². The molecule has 27 heavy (non-hydrogen) atoms. The zero-order valence-corrected chi connectivity index (χ0v) is 14.9. The molecule has 0 radical (unpaired) electrons. The van der Waals surface area contributed by atoms with E-state index in [0.29, 0.717) is 24.2 Å². The van der Waals surface area contributed by atoms with Gasteiger partial charge >= 0.3 is 6.18 Å². The van der Waals surface area contributed by atoms with Crippen LogP contribution >= 0.6 is 0 Å². The van der Waals surface area contributed by atoms with Gasteiger partial charge in [-0.2, -0.15) is 13.2 Å². The van der Waals surface area contributed by atoms with Crippen LogP contribution < -0.4 is 0 Å². The van der Waals surface area contributed by atoms with Crippen LogP contribution in [-0.4, -0.2) is 42.9 Å². The van der Waals surface area contributed by atoms with Crippen LogP contribution in [0.15, 0.2) is 42.5 Å². The molecule has 1 amide bonds. The van der Waals surface area contributed by atoms with Gasteiger partial charge in [-0.1, -0.05) is 12.1 Å². The Morgan fingerprint density at radius 1 is 1.00 bits per heavy atom. The van der Waals surface area contributed by atoms with Gasteiger partial charge in [0.05, 0.1) is 5.56 Å². The molecule has 8 heteroatoms. The maximum absolute atomic E-state index is 13.5. The summed E-state index contributed by atoms with van der Waals surface area (Å²) >= 11 is 0. The molecule has 0 spiro atoms. The Labute approximate surface area is 154 Å². The second kappa shape index (κ2) is 8.47. The Kier molecular flexibility index (Phi) is 6.54. The minimum atomic E-state index is -4.91. The lowest BCUT2D eigenvalue weighted by Gasteiger charge is -2.25. The van der Waals surface area contributed by atoms with E-state index in [1.165, 1.54) is 23.1 Å². The number of likely N-dealkylation sites (N-methyl/N-ethyl adjacent to an activating group) is 1. The van der Waals surface area contributed by atoms with Crippen molar-refractivity contribution in [3.8, 4) is 0 Å². The molecule has 0 aliphatic heterocycles. The predicted molar refractivity (Wildman–Crippen MR) is 91.1 cm³/mol. The average molecular weight is 386 g/mol. The summed E-state index contributed by atoms with van der Waals surface area (Å²) in [5.74, 6) is -2.61. The van der Waals surface area contributed by atoms with Crippen molar-refractivity contribution in [2.24, 2.45) is 0 Å². The van der Waals surface area contributed by atoms with Gasteiger partial charge in [-0.05, 0) is 50.0 Å². The number of amides is 1. The number of rotatable bonds is 6. The third-order valence-corrected chi connectivity index (χ3v) is 3.89. The molecule has 0 heterocycles. The summed E-state index contributed by atoms with van der Waals surface area (Å²) in [6.07, 6.45) is -4.91. The molecule has 0 fully saturated rings. The monoisotopic (exact) mass is 386 g/mol. The van der Waals surface area contributed by atoms with Crippen LogP contribution in [-0.2, 0) is 12.7 Å². The van der Waals surface area contributed by atoms with Crippen molar-refractivity contribution in [1.82, 2.24) is 9.80 Å². The fourth-order valence-electron chi connectivity index (χ4n) is 2.49. The first-order chi connectivity index (χ1) is 12.6. The van der Waals surface area contributed by atoms with Gasteiger partial charge in [-0.15, -0.1) is 0 Å². The van der Waals surface area contributed by atoms with E-state index < -0.39 is 29.3 Å². The summed E-state index contributed by atoms with van der Waals surface area (Å²) < 4.78 is 65.7. The zero-order valence-electron chi connectivity index (χ0n) is 14.9. The van der Waals surface area contributed by atoms with Gasteiger partial charge < -0.3 is 9.80 Å². The molecule has 0 atom stereocenters. The minimum Gasteiger partial charge on any atom is -0.333 e. The summed E-state index contributed by atoms with van der Waals surface area (Å²) in [6, 6.07) is 7.76. The fourth-order valence-corrected chi connectivity index (χ4v) is 2.49. The molecule has 146 valence electrons. The van der Waals surface area contributed by atoms with Crippen LogP contribution in [0.5, 0.6) is 0 Å². The molecule has 0 saturated carbocycles. The van der Waals surface area contributed by atoms with Gasteiger partial charge in [0, 0.05) is 25.2 Å². The lowest BCUT2D eigenvalue weighted by Crippen LogP contribution is -2.36. The highest BCUT2D eigenvalue weighted by atomic mass is 19.4. The first-order valence-electron chi connectivity index (χ1n) is 8.13. The van der Waals surface area contributed by atoms with Crippen LogP contribution in [0.4, 0.5) is 22.0 Å². The number of alkyl halides is 3. The van der Waals surface area contributed by atoms with E-state index in [2.05, 4.69) is 0 Å². The minimum absolute atomic E-state index is 0.0170. The Bertz CT molecular complexity index is 805. The number of hydrogen-bond acceptors (Lipinski definition) is 2. The molecule has 0 N–H and O–H groups in total. The first-order valence-corrected chi connectivity index (χ1v) is 8.13. The lowest BCUT2D eigenvalue weighted by molar-refractivity contribution is -0.140. The molecule has 0 saturated heterocycles. The highest BCUT2D eigenvalue weighted by Gasteiger charge is 2.35. The van der Waals surface area contributed by atoms with E-state index in [0.717, 1.165) is 6.07 Å². The van der Waals surface area contributed by atoms with Crippen molar-refractivity contribution in [3.63, 3.8) is 0 Å². The van der Waals surface area contributed by atoms with Crippen molar-refractivity contribution < 1.29 is 26.7 Å². The number of hydrogen-bond donors (Lipinski definition) is 0. The molecule has 2 aromatic carbocycles. The molecule has 0 unspecified atom stereocenters. The number of carbonyl (C=O) groups is 1. The lowest BCUT2D eigenvalue weighted by atomic mass is 10.1. The van der Waals surface area contributed by atoms with Crippen molar-refractivity contribution in [3.05, 3.63) is 70.8 Å². The average Bonchev–Trinajstić information content (AvgIpc) is 2.57. The smallest absolute Gasteiger partial charge is 0.333 e. The van der Waals surface area contributed by atoms with Crippen molar-refractivity contribution in [2.45, 2.75) is 12.7 Å². The number of nitrogens with zero attached hydrogens (tertiary/aromatic N) is 2. The summed E-state index contributed by atoms with van der Waals surface area (Å²) in [7, 11) is 3.56. The van der Waals surface area contributed by atoms with E-state index in [1.54, 1.807) is 25.1 Å². The van der Waals surface area contributed by atoms with Crippen LogP contribution in [0.2, 0.25) is 0 Å². The Balaban J connectivity index is 2.32.